The van der Waals surface area contributed by atoms with E-state index in [4.69, 9.17) is 16.3 Å². The van der Waals surface area contributed by atoms with Crippen molar-refractivity contribution in [3.05, 3.63) is 47.5 Å². The first-order valence-electron chi connectivity index (χ1n) is 7.75. The van der Waals surface area contributed by atoms with E-state index in [0.717, 1.165) is 30.4 Å². The zero-order valence-corrected chi connectivity index (χ0v) is 15.0. The second-order valence-corrected chi connectivity index (χ2v) is 7.24. The lowest BCUT2D eigenvalue weighted by atomic mass is 10.2. The average Bonchev–Trinajstić information content (AvgIpc) is 2.57. The minimum Gasteiger partial charge on any atom is -0.497 e. The van der Waals surface area contributed by atoms with Crippen LogP contribution in [0.2, 0.25) is 5.02 Å². The summed E-state index contributed by atoms with van der Waals surface area (Å²) in [6, 6.07) is 14.8. The van der Waals surface area contributed by atoms with Crippen molar-refractivity contribution < 1.29 is 4.74 Å². The van der Waals surface area contributed by atoms with Gasteiger partial charge in [-0.1, -0.05) is 23.4 Å². The number of nitrogens with one attached hydrogen (secondary N) is 1. The number of methoxy groups -OCH3 is 1. The zero-order valence-electron chi connectivity index (χ0n) is 13.4. The highest BCUT2D eigenvalue weighted by Crippen LogP contribution is 2.38. The van der Waals surface area contributed by atoms with E-state index in [2.05, 4.69) is 41.4 Å². The van der Waals surface area contributed by atoms with Gasteiger partial charge in [0.2, 0.25) is 0 Å². The van der Waals surface area contributed by atoms with Crippen molar-refractivity contribution >= 4 is 29.1 Å². The normalized spacial score (nSPS) is 18.0. The molecule has 2 aromatic rings. The second kappa shape index (κ2) is 7.47. The van der Waals surface area contributed by atoms with Crippen molar-refractivity contribution in [1.29, 1.82) is 0 Å². The van der Waals surface area contributed by atoms with Crippen molar-refractivity contribution in [2.45, 2.75) is 22.8 Å². The molecule has 2 aromatic carbocycles. The van der Waals surface area contributed by atoms with Gasteiger partial charge < -0.3 is 15.0 Å². The summed E-state index contributed by atoms with van der Waals surface area (Å²) >= 11 is 8.01. The third kappa shape index (κ3) is 4.14. The number of ether oxygens (including phenoxy) is 1. The monoisotopic (exact) mass is 348 g/mol. The van der Waals surface area contributed by atoms with E-state index in [9.17, 15) is 0 Å². The third-order valence-corrected chi connectivity index (χ3v) is 5.23. The standard InChI is InChI=1S/C18H21ClN2OS/c1-13-12-21(10-9-20-13)17-11-14(19)3-8-18(17)23-16-6-4-15(22-2)5-7-16/h3-8,11,13,20H,9-10,12H2,1-2H3. The molecule has 0 aliphatic carbocycles. The summed E-state index contributed by atoms with van der Waals surface area (Å²) in [5, 5.41) is 4.27. The lowest BCUT2D eigenvalue weighted by molar-refractivity contribution is 0.414. The molecule has 23 heavy (non-hydrogen) atoms. The third-order valence-electron chi connectivity index (χ3n) is 3.92. The molecule has 3 nitrogen and oxygen atoms in total. The van der Waals surface area contributed by atoms with Crippen molar-refractivity contribution in [3.8, 4) is 5.75 Å². The maximum Gasteiger partial charge on any atom is 0.118 e. The molecule has 0 radical (unpaired) electrons. The summed E-state index contributed by atoms with van der Waals surface area (Å²) in [6.07, 6.45) is 0. The molecular weight excluding hydrogens is 328 g/mol. The van der Waals surface area contributed by atoms with Gasteiger partial charge >= 0.3 is 0 Å². The van der Waals surface area contributed by atoms with Gasteiger partial charge in [-0.25, -0.2) is 0 Å². The zero-order chi connectivity index (χ0) is 16.2. The predicted molar refractivity (Wildman–Crippen MR) is 98.2 cm³/mol. The van der Waals surface area contributed by atoms with Gasteiger partial charge in [0.15, 0.2) is 0 Å². The molecule has 1 unspecified atom stereocenters. The fraction of sp³-hybridized carbons (Fsp3) is 0.333. The number of anilines is 1. The predicted octanol–water partition coefficient (Wildman–Crippen LogP) is 4.30. The molecule has 0 bridgehead atoms. The van der Waals surface area contributed by atoms with Crippen molar-refractivity contribution in [3.63, 3.8) is 0 Å². The van der Waals surface area contributed by atoms with Gasteiger partial charge in [0.1, 0.15) is 5.75 Å². The molecule has 1 aliphatic heterocycles. The Balaban J connectivity index is 1.85. The van der Waals surface area contributed by atoms with E-state index in [1.165, 1.54) is 15.5 Å². The molecule has 5 heteroatoms. The number of hydrogen-bond donors (Lipinski definition) is 1. The Hall–Kier alpha value is -1.36. The van der Waals surface area contributed by atoms with Crippen LogP contribution in [0, 0.1) is 0 Å². The fourth-order valence-corrected chi connectivity index (χ4v) is 3.87. The van der Waals surface area contributed by atoms with Gasteiger partial charge in [-0.05, 0) is 49.4 Å². The van der Waals surface area contributed by atoms with E-state index >= 15 is 0 Å². The van der Waals surface area contributed by atoms with E-state index in [-0.39, 0.29) is 0 Å². The van der Waals surface area contributed by atoms with Crippen molar-refractivity contribution in [1.82, 2.24) is 5.32 Å². The Morgan fingerprint density at radius 3 is 2.70 bits per heavy atom. The quantitative estimate of drug-likeness (QED) is 0.890. The van der Waals surface area contributed by atoms with Crippen LogP contribution in [0.4, 0.5) is 5.69 Å². The first kappa shape index (κ1) is 16.5. The summed E-state index contributed by atoms with van der Waals surface area (Å²) in [5.41, 5.74) is 1.21. The summed E-state index contributed by atoms with van der Waals surface area (Å²) in [6.45, 7) is 5.21. The molecule has 3 rings (SSSR count). The Bertz CT molecular complexity index is 663. The summed E-state index contributed by atoms with van der Waals surface area (Å²) in [7, 11) is 1.69. The molecule has 1 heterocycles. The number of piperazine rings is 1. The van der Waals surface area contributed by atoms with Crippen LogP contribution in [-0.2, 0) is 0 Å². The Morgan fingerprint density at radius 1 is 1.22 bits per heavy atom. The molecule has 1 fully saturated rings. The largest absolute Gasteiger partial charge is 0.497 e. The number of benzene rings is 2. The Kier molecular flexibility index (Phi) is 5.36. The van der Waals surface area contributed by atoms with Crippen LogP contribution in [0.5, 0.6) is 5.75 Å². The summed E-state index contributed by atoms with van der Waals surface area (Å²) in [5.74, 6) is 0.876. The molecule has 0 amide bonds. The smallest absolute Gasteiger partial charge is 0.118 e. The highest BCUT2D eigenvalue weighted by molar-refractivity contribution is 7.99. The molecule has 1 N–H and O–H groups in total. The molecular formula is C18H21ClN2OS. The number of hydrogen-bond acceptors (Lipinski definition) is 4. The molecule has 0 saturated carbocycles. The lowest BCUT2D eigenvalue weighted by Gasteiger charge is -2.34. The van der Waals surface area contributed by atoms with Crippen molar-refractivity contribution in [2.24, 2.45) is 0 Å². The van der Waals surface area contributed by atoms with E-state index in [1.54, 1.807) is 18.9 Å². The highest BCUT2D eigenvalue weighted by atomic mass is 35.5. The SMILES string of the molecule is COc1ccc(Sc2ccc(Cl)cc2N2CCNC(C)C2)cc1. The minimum absolute atomic E-state index is 0.488. The van der Waals surface area contributed by atoms with E-state index < -0.39 is 0 Å². The van der Waals surface area contributed by atoms with Crippen LogP contribution in [0.25, 0.3) is 0 Å². The lowest BCUT2D eigenvalue weighted by Crippen LogP contribution is -2.49. The molecule has 122 valence electrons. The van der Waals surface area contributed by atoms with Crippen LogP contribution in [0.3, 0.4) is 0 Å². The Morgan fingerprint density at radius 2 is 2.00 bits per heavy atom. The van der Waals surface area contributed by atoms with E-state index in [1.807, 2.05) is 18.2 Å². The van der Waals surface area contributed by atoms with Crippen LogP contribution in [-0.4, -0.2) is 32.8 Å². The van der Waals surface area contributed by atoms with Crippen LogP contribution in [0.1, 0.15) is 6.92 Å². The second-order valence-electron chi connectivity index (χ2n) is 5.69. The van der Waals surface area contributed by atoms with Gasteiger partial charge in [-0.3, -0.25) is 0 Å². The molecule has 0 spiro atoms. The topological polar surface area (TPSA) is 24.5 Å². The molecule has 0 aromatic heterocycles. The first-order valence-corrected chi connectivity index (χ1v) is 8.95. The maximum absolute atomic E-state index is 6.25. The first-order chi connectivity index (χ1) is 11.2. The number of rotatable bonds is 4. The van der Waals surface area contributed by atoms with Gasteiger partial charge in [-0.15, -0.1) is 0 Å². The van der Waals surface area contributed by atoms with E-state index in [0.29, 0.717) is 6.04 Å². The minimum atomic E-state index is 0.488. The highest BCUT2D eigenvalue weighted by Gasteiger charge is 2.19. The average molecular weight is 349 g/mol. The van der Waals surface area contributed by atoms with Gasteiger partial charge in [0.25, 0.3) is 0 Å². The van der Waals surface area contributed by atoms with Crippen LogP contribution < -0.4 is 15.0 Å². The number of halogens is 1. The van der Waals surface area contributed by atoms with Crippen molar-refractivity contribution in [2.75, 3.05) is 31.6 Å². The van der Waals surface area contributed by atoms with Gasteiger partial charge in [-0.2, -0.15) is 0 Å². The van der Waals surface area contributed by atoms with Crippen LogP contribution >= 0.6 is 23.4 Å². The molecule has 1 aliphatic rings. The fourth-order valence-electron chi connectivity index (χ4n) is 2.75. The summed E-state index contributed by atoms with van der Waals surface area (Å²) in [4.78, 5) is 4.84. The maximum atomic E-state index is 6.25. The Labute approximate surface area is 147 Å². The van der Waals surface area contributed by atoms with Gasteiger partial charge in [0, 0.05) is 40.5 Å². The summed E-state index contributed by atoms with van der Waals surface area (Å²) < 4.78 is 5.22. The van der Waals surface area contributed by atoms with Gasteiger partial charge in [0.05, 0.1) is 12.8 Å². The van der Waals surface area contributed by atoms with Crippen LogP contribution in [0.15, 0.2) is 52.3 Å². The molecule has 1 atom stereocenters. The number of nitrogens with zero attached hydrogens (tertiary/aromatic N) is 1. The molecule has 1 saturated heterocycles.